The van der Waals surface area contributed by atoms with Gasteiger partial charge in [-0.3, -0.25) is 4.79 Å². The van der Waals surface area contributed by atoms with E-state index in [1.807, 2.05) is 29.2 Å². The Balaban J connectivity index is 1.55. The molecule has 6 heteroatoms. The molecule has 23 heavy (non-hydrogen) atoms. The average Bonchev–Trinajstić information content (AvgIpc) is 3.20. The fourth-order valence-corrected chi connectivity index (χ4v) is 4.15. The number of nitrogens with zero attached hydrogens (tertiary/aromatic N) is 2. The van der Waals surface area contributed by atoms with E-state index < -0.39 is 0 Å². The second-order valence-electron chi connectivity index (χ2n) is 5.83. The number of amides is 1. The number of piperidine rings is 1. The first-order valence-corrected chi connectivity index (χ1v) is 8.89. The first kappa shape index (κ1) is 14.7. The third-order valence-electron chi connectivity index (χ3n) is 4.29. The lowest BCUT2D eigenvalue weighted by Gasteiger charge is -2.31. The van der Waals surface area contributed by atoms with Crippen molar-refractivity contribution >= 4 is 39.9 Å². The number of carbonyl (C=O) groups is 1. The number of rotatable bonds is 2. The number of carbonyl (C=O) groups excluding carboxylic acids is 1. The molecule has 0 saturated carbocycles. The summed E-state index contributed by atoms with van der Waals surface area (Å²) in [5, 5.41) is 0. The number of aromatic nitrogens is 2. The van der Waals surface area contributed by atoms with Crippen molar-refractivity contribution < 1.29 is 4.79 Å². The molecule has 1 aliphatic rings. The van der Waals surface area contributed by atoms with E-state index in [1.165, 1.54) is 11.3 Å². The lowest BCUT2D eigenvalue weighted by Crippen LogP contribution is -2.39. The van der Waals surface area contributed by atoms with Crippen LogP contribution in [0, 0.1) is 0 Å². The van der Waals surface area contributed by atoms with Crippen LogP contribution in [0.25, 0.3) is 11.0 Å². The Morgan fingerprint density at radius 1 is 1.30 bits per heavy atom. The van der Waals surface area contributed by atoms with Gasteiger partial charge in [-0.2, -0.15) is 0 Å². The summed E-state index contributed by atoms with van der Waals surface area (Å²) in [5.74, 6) is 1.31. The highest BCUT2D eigenvalue weighted by atomic mass is 35.5. The Hall–Kier alpha value is -1.85. The molecule has 4 nitrogen and oxygen atoms in total. The van der Waals surface area contributed by atoms with E-state index in [1.54, 1.807) is 12.1 Å². The fourth-order valence-electron chi connectivity index (χ4n) is 3.14. The summed E-state index contributed by atoms with van der Waals surface area (Å²) in [5.41, 5.74) is 2.03. The molecule has 0 aliphatic carbocycles. The molecule has 3 heterocycles. The SMILES string of the molecule is O=C(c1ccc(Cl)s1)N1CCCC(c2nc3ccccc3[nH]2)C1. The Kier molecular flexibility index (Phi) is 3.83. The van der Waals surface area contributed by atoms with Crippen LogP contribution < -0.4 is 0 Å². The quantitative estimate of drug-likeness (QED) is 0.752. The minimum absolute atomic E-state index is 0.0720. The molecule has 118 valence electrons. The number of likely N-dealkylation sites (tertiary alicyclic amines) is 1. The van der Waals surface area contributed by atoms with Gasteiger partial charge in [0.05, 0.1) is 20.2 Å². The predicted molar refractivity (Wildman–Crippen MR) is 93.3 cm³/mol. The molecule has 1 N–H and O–H groups in total. The number of fused-ring (bicyclic) bond motifs is 1. The summed E-state index contributed by atoms with van der Waals surface area (Å²) in [6, 6.07) is 11.6. The van der Waals surface area contributed by atoms with Crippen LogP contribution in [-0.4, -0.2) is 33.9 Å². The Morgan fingerprint density at radius 3 is 2.96 bits per heavy atom. The van der Waals surface area contributed by atoms with E-state index in [2.05, 4.69) is 4.98 Å². The van der Waals surface area contributed by atoms with Crippen LogP contribution in [0.15, 0.2) is 36.4 Å². The summed E-state index contributed by atoms with van der Waals surface area (Å²) < 4.78 is 0.652. The second kappa shape index (κ2) is 5.98. The highest BCUT2D eigenvalue weighted by Gasteiger charge is 2.28. The minimum atomic E-state index is 0.0720. The number of hydrogen-bond donors (Lipinski definition) is 1. The maximum Gasteiger partial charge on any atom is 0.263 e. The smallest absolute Gasteiger partial charge is 0.263 e. The van der Waals surface area contributed by atoms with Crippen LogP contribution in [0.2, 0.25) is 4.34 Å². The number of thiophene rings is 1. The standard InChI is InChI=1S/C17H16ClN3OS/c18-15-8-7-14(23-15)17(22)21-9-3-4-11(10-21)16-19-12-5-1-2-6-13(12)20-16/h1-2,5-8,11H,3-4,9-10H2,(H,19,20). The van der Waals surface area contributed by atoms with Gasteiger partial charge in [-0.1, -0.05) is 23.7 Å². The zero-order valence-electron chi connectivity index (χ0n) is 12.5. The number of nitrogens with one attached hydrogen (secondary N) is 1. The third-order valence-corrected chi connectivity index (χ3v) is 5.51. The maximum atomic E-state index is 12.6. The molecule has 1 amide bonds. The maximum absolute atomic E-state index is 12.6. The second-order valence-corrected chi connectivity index (χ2v) is 7.55. The Labute approximate surface area is 143 Å². The van der Waals surface area contributed by atoms with Gasteiger partial charge in [-0.25, -0.2) is 4.98 Å². The van der Waals surface area contributed by atoms with E-state index in [0.29, 0.717) is 15.8 Å². The lowest BCUT2D eigenvalue weighted by atomic mass is 9.97. The van der Waals surface area contributed by atoms with E-state index >= 15 is 0 Å². The van der Waals surface area contributed by atoms with Crippen molar-refractivity contribution in [2.45, 2.75) is 18.8 Å². The molecular formula is C17H16ClN3OS. The third kappa shape index (κ3) is 2.86. The predicted octanol–water partition coefficient (Wildman–Crippen LogP) is 4.30. The van der Waals surface area contributed by atoms with Crippen molar-refractivity contribution in [3.63, 3.8) is 0 Å². The summed E-state index contributed by atoms with van der Waals surface area (Å²) in [7, 11) is 0. The van der Waals surface area contributed by atoms with E-state index in [0.717, 1.165) is 36.2 Å². The zero-order chi connectivity index (χ0) is 15.8. The fraction of sp³-hybridized carbons (Fsp3) is 0.294. The van der Waals surface area contributed by atoms with Crippen molar-refractivity contribution in [2.75, 3.05) is 13.1 Å². The molecule has 1 unspecified atom stereocenters. The number of H-pyrrole nitrogens is 1. The molecule has 1 fully saturated rings. The van der Waals surface area contributed by atoms with Gasteiger partial charge < -0.3 is 9.88 Å². The largest absolute Gasteiger partial charge is 0.342 e. The summed E-state index contributed by atoms with van der Waals surface area (Å²) in [6.07, 6.45) is 2.04. The van der Waals surface area contributed by atoms with Crippen molar-refractivity contribution in [2.24, 2.45) is 0 Å². The number of para-hydroxylation sites is 2. The van der Waals surface area contributed by atoms with Gasteiger partial charge in [-0.15, -0.1) is 11.3 Å². The first-order chi connectivity index (χ1) is 11.2. The van der Waals surface area contributed by atoms with Gasteiger partial charge in [0.15, 0.2) is 0 Å². The Morgan fingerprint density at radius 2 is 2.17 bits per heavy atom. The van der Waals surface area contributed by atoms with Crippen molar-refractivity contribution in [3.05, 3.63) is 51.4 Å². The molecule has 1 aromatic carbocycles. The van der Waals surface area contributed by atoms with E-state index in [-0.39, 0.29) is 11.8 Å². The summed E-state index contributed by atoms with van der Waals surface area (Å²) in [6.45, 7) is 1.50. The van der Waals surface area contributed by atoms with Crippen LogP contribution in [0.5, 0.6) is 0 Å². The number of aromatic amines is 1. The normalized spacial score (nSPS) is 18.5. The number of hydrogen-bond acceptors (Lipinski definition) is 3. The zero-order valence-corrected chi connectivity index (χ0v) is 14.0. The van der Waals surface area contributed by atoms with Gasteiger partial charge in [-0.05, 0) is 37.1 Å². The lowest BCUT2D eigenvalue weighted by molar-refractivity contribution is 0.0710. The van der Waals surface area contributed by atoms with Crippen LogP contribution in [0.1, 0.15) is 34.3 Å². The molecule has 0 spiro atoms. The van der Waals surface area contributed by atoms with Crippen molar-refractivity contribution in [1.82, 2.24) is 14.9 Å². The van der Waals surface area contributed by atoms with Gasteiger partial charge in [0.2, 0.25) is 0 Å². The summed E-state index contributed by atoms with van der Waals surface area (Å²) >= 11 is 7.29. The molecular weight excluding hydrogens is 330 g/mol. The molecule has 2 aromatic heterocycles. The van der Waals surface area contributed by atoms with Crippen molar-refractivity contribution in [1.29, 1.82) is 0 Å². The first-order valence-electron chi connectivity index (χ1n) is 7.70. The van der Waals surface area contributed by atoms with Gasteiger partial charge >= 0.3 is 0 Å². The highest BCUT2D eigenvalue weighted by molar-refractivity contribution is 7.17. The molecule has 1 aliphatic heterocycles. The van der Waals surface area contributed by atoms with Crippen LogP contribution in [0.4, 0.5) is 0 Å². The number of imidazole rings is 1. The molecule has 0 radical (unpaired) electrons. The minimum Gasteiger partial charge on any atom is -0.342 e. The van der Waals surface area contributed by atoms with Crippen LogP contribution in [0.3, 0.4) is 0 Å². The topological polar surface area (TPSA) is 49.0 Å². The van der Waals surface area contributed by atoms with Gasteiger partial charge in [0, 0.05) is 19.0 Å². The monoisotopic (exact) mass is 345 g/mol. The molecule has 0 bridgehead atoms. The molecule has 4 rings (SSSR count). The average molecular weight is 346 g/mol. The summed E-state index contributed by atoms with van der Waals surface area (Å²) in [4.78, 5) is 23.3. The van der Waals surface area contributed by atoms with E-state index in [4.69, 9.17) is 16.6 Å². The molecule has 1 saturated heterocycles. The van der Waals surface area contributed by atoms with Gasteiger partial charge in [0.1, 0.15) is 5.82 Å². The molecule has 1 atom stereocenters. The van der Waals surface area contributed by atoms with Crippen LogP contribution in [-0.2, 0) is 0 Å². The highest BCUT2D eigenvalue weighted by Crippen LogP contribution is 2.29. The van der Waals surface area contributed by atoms with Gasteiger partial charge in [0.25, 0.3) is 5.91 Å². The van der Waals surface area contributed by atoms with Crippen molar-refractivity contribution in [3.8, 4) is 0 Å². The number of benzene rings is 1. The number of halogens is 1. The van der Waals surface area contributed by atoms with E-state index in [9.17, 15) is 4.79 Å². The molecule has 3 aromatic rings. The van der Waals surface area contributed by atoms with Crippen LogP contribution >= 0.6 is 22.9 Å². The Bertz CT molecular complexity index is 823.